The maximum Gasteiger partial charge on any atom is 0.212 e. The number of benzene rings is 1. The van der Waals surface area contributed by atoms with Crippen molar-refractivity contribution in [3.63, 3.8) is 0 Å². The zero-order valence-electron chi connectivity index (χ0n) is 9.52. The van der Waals surface area contributed by atoms with Crippen LogP contribution in [0.25, 0.3) is 0 Å². The number of sulfonamides is 1. The first-order valence-electron chi connectivity index (χ1n) is 5.76. The lowest BCUT2D eigenvalue weighted by Gasteiger charge is -2.14. The molecule has 0 spiro atoms. The summed E-state index contributed by atoms with van der Waals surface area (Å²) in [6.07, 6.45) is 2.28. The Bertz CT molecular complexity index is 487. The molecule has 17 heavy (non-hydrogen) atoms. The summed E-state index contributed by atoms with van der Waals surface area (Å²) in [6, 6.07) is 7.93. The molecule has 1 atom stereocenters. The number of halogens is 1. The summed E-state index contributed by atoms with van der Waals surface area (Å²) < 4.78 is 26.3. The molecule has 1 unspecified atom stereocenters. The highest BCUT2D eigenvalue weighted by molar-refractivity contribution is 7.89. The van der Waals surface area contributed by atoms with E-state index in [2.05, 4.69) is 10.8 Å². The normalized spacial score (nSPS) is 19.2. The van der Waals surface area contributed by atoms with Crippen molar-refractivity contribution >= 4 is 21.6 Å². The fourth-order valence-electron chi connectivity index (χ4n) is 2.20. The van der Waals surface area contributed by atoms with Gasteiger partial charge in [0, 0.05) is 11.9 Å². The van der Waals surface area contributed by atoms with Gasteiger partial charge in [-0.15, -0.1) is 11.6 Å². The van der Waals surface area contributed by atoms with Gasteiger partial charge in [-0.3, -0.25) is 0 Å². The zero-order chi connectivity index (χ0) is 12.3. The van der Waals surface area contributed by atoms with Crippen LogP contribution in [0, 0.1) is 0 Å². The predicted molar refractivity (Wildman–Crippen MR) is 69.8 cm³/mol. The van der Waals surface area contributed by atoms with Crippen LogP contribution in [-0.2, 0) is 16.4 Å². The van der Waals surface area contributed by atoms with Crippen LogP contribution >= 0.6 is 11.6 Å². The lowest BCUT2D eigenvalue weighted by atomic mass is 10.1. The average molecular weight is 274 g/mol. The molecule has 1 aromatic rings. The van der Waals surface area contributed by atoms with E-state index < -0.39 is 10.0 Å². The van der Waals surface area contributed by atoms with E-state index in [9.17, 15) is 8.42 Å². The van der Waals surface area contributed by atoms with Crippen LogP contribution in [0.3, 0.4) is 0 Å². The molecule has 0 aliphatic heterocycles. The first-order valence-corrected chi connectivity index (χ1v) is 7.95. The number of hydrogen-bond acceptors (Lipinski definition) is 2. The third-order valence-corrected chi connectivity index (χ3v) is 4.74. The summed E-state index contributed by atoms with van der Waals surface area (Å²) in [5.41, 5.74) is 2.36. The highest BCUT2D eigenvalue weighted by atomic mass is 35.5. The third kappa shape index (κ3) is 3.21. The Morgan fingerprint density at radius 2 is 2.12 bits per heavy atom. The summed E-state index contributed by atoms with van der Waals surface area (Å²) in [7, 11) is -3.20. The second-order valence-corrected chi connectivity index (χ2v) is 6.52. The molecule has 0 saturated heterocycles. The van der Waals surface area contributed by atoms with Crippen molar-refractivity contribution in [1.82, 2.24) is 4.72 Å². The SMILES string of the molecule is O=S(=O)(CCCCl)NC1CCc2ccccc21. The lowest BCUT2D eigenvalue weighted by Crippen LogP contribution is -2.29. The van der Waals surface area contributed by atoms with Crippen LogP contribution in [0.1, 0.15) is 30.0 Å². The van der Waals surface area contributed by atoms with Crippen molar-refractivity contribution in [3.8, 4) is 0 Å². The summed E-state index contributed by atoms with van der Waals surface area (Å²) in [5.74, 6) is 0.483. The van der Waals surface area contributed by atoms with Gasteiger partial charge in [-0.05, 0) is 30.4 Å². The second kappa shape index (κ2) is 5.38. The fraction of sp³-hybridized carbons (Fsp3) is 0.500. The minimum absolute atomic E-state index is 0.0634. The predicted octanol–water partition coefficient (Wildman–Crippen LogP) is 2.22. The second-order valence-electron chi connectivity index (χ2n) is 4.27. The van der Waals surface area contributed by atoms with Crippen LogP contribution in [-0.4, -0.2) is 20.1 Å². The molecular weight excluding hydrogens is 258 g/mol. The summed E-state index contributed by atoms with van der Waals surface area (Å²) in [4.78, 5) is 0. The molecule has 94 valence electrons. The third-order valence-electron chi connectivity index (χ3n) is 3.00. The van der Waals surface area contributed by atoms with E-state index in [0.29, 0.717) is 12.3 Å². The average Bonchev–Trinajstić information content (AvgIpc) is 2.70. The molecule has 0 fully saturated rings. The molecule has 0 radical (unpaired) electrons. The molecule has 5 heteroatoms. The van der Waals surface area contributed by atoms with Gasteiger partial charge in [-0.2, -0.15) is 0 Å². The molecule has 0 bridgehead atoms. The van der Waals surface area contributed by atoms with Gasteiger partial charge < -0.3 is 0 Å². The minimum Gasteiger partial charge on any atom is -0.212 e. The molecule has 1 aliphatic rings. The Morgan fingerprint density at radius 3 is 2.88 bits per heavy atom. The summed E-state index contributed by atoms with van der Waals surface area (Å²) in [6.45, 7) is 0. The van der Waals surface area contributed by atoms with E-state index in [-0.39, 0.29) is 11.8 Å². The largest absolute Gasteiger partial charge is 0.212 e. The quantitative estimate of drug-likeness (QED) is 0.836. The standard InChI is InChI=1S/C12H16ClNO2S/c13-8-3-9-17(15,16)14-12-7-6-10-4-1-2-5-11(10)12/h1-2,4-5,12,14H,3,6-9H2. The highest BCUT2D eigenvalue weighted by Crippen LogP contribution is 2.31. The maximum atomic E-state index is 11.8. The van der Waals surface area contributed by atoms with Crippen molar-refractivity contribution in [3.05, 3.63) is 35.4 Å². The Labute approximate surface area is 107 Å². The molecule has 1 aliphatic carbocycles. The molecule has 1 N–H and O–H groups in total. The summed E-state index contributed by atoms with van der Waals surface area (Å²) in [5, 5.41) is 0. The van der Waals surface area contributed by atoms with E-state index in [1.807, 2.05) is 18.2 Å². The van der Waals surface area contributed by atoms with Crippen molar-refractivity contribution in [2.75, 3.05) is 11.6 Å². The van der Waals surface area contributed by atoms with E-state index in [0.717, 1.165) is 18.4 Å². The van der Waals surface area contributed by atoms with Crippen molar-refractivity contribution in [1.29, 1.82) is 0 Å². The molecule has 1 aromatic carbocycles. The van der Waals surface area contributed by atoms with E-state index in [1.54, 1.807) is 0 Å². The van der Waals surface area contributed by atoms with Gasteiger partial charge in [0.15, 0.2) is 0 Å². The van der Waals surface area contributed by atoms with Gasteiger partial charge in [-0.25, -0.2) is 13.1 Å². The van der Waals surface area contributed by atoms with Crippen molar-refractivity contribution < 1.29 is 8.42 Å². The van der Waals surface area contributed by atoms with E-state index >= 15 is 0 Å². The van der Waals surface area contributed by atoms with E-state index in [4.69, 9.17) is 11.6 Å². The molecular formula is C12H16ClNO2S. The molecule has 0 saturated carbocycles. The van der Waals surface area contributed by atoms with Gasteiger partial charge >= 0.3 is 0 Å². The van der Waals surface area contributed by atoms with Crippen LogP contribution in [0.2, 0.25) is 0 Å². The Kier molecular flexibility index (Phi) is 4.07. The fourth-order valence-corrected chi connectivity index (χ4v) is 3.81. The Morgan fingerprint density at radius 1 is 1.35 bits per heavy atom. The van der Waals surface area contributed by atoms with Gasteiger partial charge in [0.25, 0.3) is 0 Å². The Balaban J connectivity index is 2.07. The highest BCUT2D eigenvalue weighted by Gasteiger charge is 2.25. The van der Waals surface area contributed by atoms with Crippen LogP contribution in [0.15, 0.2) is 24.3 Å². The minimum atomic E-state index is -3.20. The topological polar surface area (TPSA) is 46.2 Å². The number of aryl methyl sites for hydroxylation is 1. The van der Waals surface area contributed by atoms with Crippen molar-refractivity contribution in [2.24, 2.45) is 0 Å². The maximum absolute atomic E-state index is 11.8. The van der Waals surface area contributed by atoms with Crippen LogP contribution in [0.4, 0.5) is 0 Å². The molecule has 0 aromatic heterocycles. The Hall–Kier alpha value is -0.580. The first kappa shape index (κ1) is 12.9. The number of alkyl halides is 1. The van der Waals surface area contributed by atoms with Gasteiger partial charge in [0.2, 0.25) is 10.0 Å². The van der Waals surface area contributed by atoms with Crippen molar-refractivity contribution in [2.45, 2.75) is 25.3 Å². The molecule has 0 heterocycles. The molecule has 2 rings (SSSR count). The molecule has 0 amide bonds. The first-order chi connectivity index (χ1) is 8.12. The zero-order valence-corrected chi connectivity index (χ0v) is 11.1. The van der Waals surface area contributed by atoms with Gasteiger partial charge in [-0.1, -0.05) is 24.3 Å². The number of rotatable bonds is 5. The number of hydrogen-bond donors (Lipinski definition) is 1. The van der Waals surface area contributed by atoms with Crippen LogP contribution < -0.4 is 4.72 Å². The smallest absolute Gasteiger partial charge is 0.212 e. The lowest BCUT2D eigenvalue weighted by molar-refractivity contribution is 0.553. The number of nitrogens with one attached hydrogen (secondary N) is 1. The van der Waals surface area contributed by atoms with Gasteiger partial charge in [0.05, 0.1) is 5.75 Å². The van der Waals surface area contributed by atoms with Crippen LogP contribution in [0.5, 0.6) is 0 Å². The van der Waals surface area contributed by atoms with Gasteiger partial charge in [0.1, 0.15) is 0 Å². The monoisotopic (exact) mass is 273 g/mol. The van der Waals surface area contributed by atoms with E-state index in [1.165, 1.54) is 5.56 Å². The number of fused-ring (bicyclic) bond motifs is 1. The summed E-state index contributed by atoms with van der Waals surface area (Å²) >= 11 is 5.51. The molecule has 3 nitrogen and oxygen atoms in total.